The Morgan fingerprint density at radius 3 is 2.64 bits per heavy atom. The summed E-state index contributed by atoms with van der Waals surface area (Å²) in [4.78, 5) is 8.58. The number of halogens is 2. The van der Waals surface area contributed by atoms with Gasteiger partial charge >= 0.3 is 0 Å². The van der Waals surface area contributed by atoms with Gasteiger partial charge < -0.3 is 15.2 Å². The van der Waals surface area contributed by atoms with Crippen molar-refractivity contribution in [1.82, 2.24) is 20.8 Å². The molecule has 2 aromatic rings. The normalized spacial score (nSPS) is 13.2. The monoisotopic (exact) mass is 383 g/mol. The minimum atomic E-state index is -0.0214. The molecule has 0 aliphatic rings. The standard InChI is InChI=1S/C17H23Cl2N5O/c1-10(2)16-23-15(25-24-16)7-8-21-17(20-4)22-11(3)13-6-5-12(18)9-14(13)19/h5-6,9-11H,7-8H2,1-4H3,(H2,20,21,22). The van der Waals surface area contributed by atoms with Crippen LogP contribution in [0.4, 0.5) is 0 Å². The Hall–Kier alpha value is -1.79. The van der Waals surface area contributed by atoms with E-state index in [-0.39, 0.29) is 12.0 Å². The zero-order valence-electron chi connectivity index (χ0n) is 14.8. The molecule has 1 aromatic heterocycles. The predicted octanol–water partition coefficient (Wildman–Crippen LogP) is 3.97. The first-order chi connectivity index (χ1) is 11.9. The Kier molecular flexibility index (Phi) is 7.08. The lowest BCUT2D eigenvalue weighted by Gasteiger charge is -2.19. The van der Waals surface area contributed by atoms with Gasteiger partial charge in [0.1, 0.15) is 0 Å². The summed E-state index contributed by atoms with van der Waals surface area (Å²) >= 11 is 12.2. The van der Waals surface area contributed by atoms with Crippen LogP contribution < -0.4 is 10.6 Å². The molecule has 0 saturated heterocycles. The molecule has 8 heteroatoms. The molecule has 0 saturated carbocycles. The third kappa shape index (κ3) is 5.61. The maximum absolute atomic E-state index is 6.25. The van der Waals surface area contributed by atoms with E-state index in [1.54, 1.807) is 13.1 Å². The molecule has 0 amide bonds. The largest absolute Gasteiger partial charge is 0.356 e. The Morgan fingerprint density at radius 2 is 2.04 bits per heavy atom. The first-order valence-electron chi connectivity index (χ1n) is 8.15. The zero-order chi connectivity index (χ0) is 18.4. The second kappa shape index (κ2) is 9.06. The van der Waals surface area contributed by atoms with E-state index >= 15 is 0 Å². The number of aromatic nitrogens is 2. The third-order valence-electron chi connectivity index (χ3n) is 3.64. The summed E-state index contributed by atoms with van der Waals surface area (Å²) in [6.07, 6.45) is 0.622. The van der Waals surface area contributed by atoms with Crippen LogP contribution in [0.2, 0.25) is 10.0 Å². The van der Waals surface area contributed by atoms with Crippen LogP contribution >= 0.6 is 23.2 Å². The molecule has 1 heterocycles. The lowest BCUT2D eigenvalue weighted by molar-refractivity contribution is 0.371. The van der Waals surface area contributed by atoms with Crippen LogP contribution in [-0.2, 0) is 6.42 Å². The molecule has 0 bridgehead atoms. The van der Waals surface area contributed by atoms with Gasteiger partial charge in [-0.3, -0.25) is 4.99 Å². The van der Waals surface area contributed by atoms with Gasteiger partial charge in [0.2, 0.25) is 5.89 Å². The lowest BCUT2D eigenvalue weighted by Crippen LogP contribution is -2.39. The Balaban J connectivity index is 1.87. The van der Waals surface area contributed by atoms with Crippen LogP contribution in [0.25, 0.3) is 0 Å². The SMILES string of the molecule is CN=C(NCCc1nc(C(C)C)no1)NC(C)c1ccc(Cl)cc1Cl. The average molecular weight is 384 g/mol. The maximum Gasteiger partial charge on any atom is 0.228 e. The number of hydrogen-bond acceptors (Lipinski definition) is 4. The molecule has 0 fully saturated rings. The van der Waals surface area contributed by atoms with Crippen molar-refractivity contribution in [2.45, 2.75) is 39.2 Å². The smallest absolute Gasteiger partial charge is 0.228 e. The van der Waals surface area contributed by atoms with Gasteiger partial charge in [-0.05, 0) is 24.6 Å². The van der Waals surface area contributed by atoms with Gasteiger partial charge in [0.25, 0.3) is 0 Å². The molecule has 1 unspecified atom stereocenters. The highest BCUT2D eigenvalue weighted by atomic mass is 35.5. The molecule has 0 spiro atoms. The van der Waals surface area contributed by atoms with Crippen LogP contribution in [0.3, 0.4) is 0 Å². The predicted molar refractivity (Wildman–Crippen MR) is 101 cm³/mol. The summed E-state index contributed by atoms with van der Waals surface area (Å²) in [7, 11) is 1.72. The fourth-order valence-electron chi connectivity index (χ4n) is 2.22. The van der Waals surface area contributed by atoms with Crippen molar-refractivity contribution in [2.75, 3.05) is 13.6 Å². The maximum atomic E-state index is 6.25. The minimum Gasteiger partial charge on any atom is -0.356 e. The fourth-order valence-corrected chi connectivity index (χ4v) is 2.79. The summed E-state index contributed by atoms with van der Waals surface area (Å²) in [5.41, 5.74) is 0.951. The van der Waals surface area contributed by atoms with Crippen molar-refractivity contribution in [3.63, 3.8) is 0 Å². The van der Waals surface area contributed by atoms with Crippen molar-refractivity contribution in [3.05, 3.63) is 45.5 Å². The topological polar surface area (TPSA) is 75.3 Å². The van der Waals surface area contributed by atoms with Gasteiger partial charge in [0.15, 0.2) is 11.8 Å². The van der Waals surface area contributed by atoms with Crippen LogP contribution in [0.15, 0.2) is 27.7 Å². The van der Waals surface area contributed by atoms with Crippen molar-refractivity contribution >= 4 is 29.2 Å². The van der Waals surface area contributed by atoms with E-state index in [4.69, 9.17) is 27.7 Å². The van der Waals surface area contributed by atoms with E-state index in [2.05, 4.69) is 25.8 Å². The van der Waals surface area contributed by atoms with E-state index in [9.17, 15) is 0 Å². The van der Waals surface area contributed by atoms with Crippen LogP contribution in [-0.4, -0.2) is 29.7 Å². The molecule has 0 aliphatic heterocycles. The van der Waals surface area contributed by atoms with Crippen molar-refractivity contribution in [2.24, 2.45) is 4.99 Å². The molecular formula is C17H23Cl2N5O. The van der Waals surface area contributed by atoms with Gasteiger partial charge in [0.05, 0.1) is 6.04 Å². The summed E-state index contributed by atoms with van der Waals surface area (Å²) in [5.74, 6) is 2.26. The van der Waals surface area contributed by atoms with Gasteiger partial charge in [-0.15, -0.1) is 0 Å². The van der Waals surface area contributed by atoms with Gasteiger partial charge in [-0.25, -0.2) is 0 Å². The van der Waals surface area contributed by atoms with Crippen molar-refractivity contribution in [3.8, 4) is 0 Å². The Morgan fingerprint density at radius 1 is 1.28 bits per heavy atom. The summed E-state index contributed by atoms with van der Waals surface area (Å²) in [6, 6.07) is 5.43. The molecule has 6 nitrogen and oxygen atoms in total. The number of aliphatic imine (C=N–C) groups is 1. The van der Waals surface area contributed by atoms with Gasteiger partial charge in [-0.2, -0.15) is 4.98 Å². The highest BCUT2D eigenvalue weighted by Crippen LogP contribution is 2.25. The molecule has 1 atom stereocenters. The Bertz CT molecular complexity index is 730. The molecule has 2 N–H and O–H groups in total. The lowest BCUT2D eigenvalue weighted by atomic mass is 10.1. The molecule has 2 rings (SSSR count). The molecular weight excluding hydrogens is 361 g/mol. The second-order valence-electron chi connectivity index (χ2n) is 5.98. The number of benzene rings is 1. The van der Waals surface area contributed by atoms with E-state index < -0.39 is 0 Å². The average Bonchev–Trinajstić information content (AvgIpc) is 3.02. The Labute approximate surface area is 158 Å². The number of nitrogens with zero attached hydrogens (tertiary/aromatic N) is 3. The van der Waals surface area contributed by atoms with Crippen LogP contribution in [0.5, 0.6) is 0 Å². The van der Waals surface area contributed by atoms with Crippen molar-refractivity contribution in [1.29, 1.82) is 0 Å². The fraction of sp³-hybridized carbons (Fsp3) is 0.471. The van der Waals surface area contributed by atoms with E-state index in [0.717, 1.165) is 11.4 Å². The highest BCUT2D eigenvalue weighted by molar-refractivity contribution is 6.35. The molecule has 136 valence electrons. The quantitative estimate of drug-likeness (QED) is 0.582. The number of rotatable bonds is 6. The number of guanidine groups is 1. The highest BCUT2D eigenvalue weighted by Gasteiger charge is 2.13. The molecule has 0 aliphatic carbocycles. The second-order valence-corrected chi connectivity index (χ2v) is 6.83. The first-order valence-corrected chi connectivity index (χ1v) is 8.91. The minimum absolute atomic E-state index is 0.0214. The van der Waals surface area contributed by atoms with E-state index in [1.807, 2.05) is 32.9 Å². The van der Waals surface area contributed by atoms with E-state index in [0.29, 0.717) is 34.9 Å². The zero-order valence-corrected chi connectivity index (χ0v) is 16.3. The van der Waals surface area contributed by atoms with E-state index in [1.165, 1.54) is 0 Å². The molecule has 0 radical (unpaired) electrons. The molecule has 1 aromatic carbocycles. The van der Waals surface area contributed by atoms with Crippen molar-refractivity contribution < 1.29 is 4.52 Å². The summed E-state index contributed by atoms with van der Waals surface area (Å²) in [6.45, 7) is 6.69. The van der Waals surface area contributed by atoms with Crippen LogP contribution in [0.1, 0.15) is 50.0 Å². The van der Waals surface area contributed by atoms with Crippen LogP contribution in [0, 0.1) is 0 Å². The third-order valence-corrected chi connectivity index (χ3v) is 4.20. The van der Waals surface area contributed by atoms with Gasteiger partial charge in [-0.1, -0.05) is 48.3 Å². The molecule has 25 heavy (non-hydrogen) atoms. The number of nitrogens with one attached hydrogen (secondary N) is 2. The summed E-state index contributed by atoms with van der Waals surface area (Å²) < 4.78 is 5.23. The summed E-state index contributed by atoms with van der Waals surface area (Å²) in [5, 5.41) is 11.7. The number of hydrogen-bond donors (Lipinski definition) is 2. The first kappa shape index (κ1) is 19.5. The van der Waals surface area contributed by atoms with Gasteiger partial charge in [0, 0.05) is 36.0 Å².